The Bertz CT molecular complexity index is 528. The molecule has 0 fully saturated rings. The lowest BCUT2D eigenvalue weighted by molar-refractivity contribution is 0.207. The van der Waals surface area contributed by atoms with Crippen molar-refractivity contribution in [2.45, 2.75) is 32.9 Å². The highest BCUT2D eigenvalue weighted by molar-refractivity contribution is 5.30. The van der Waals surface area contributed by atoms with Crippen LogP contribution in [0.3, 0.4) is 0 Å². The van der Waals surface area contributed by atoms with Crippen LogP contribution in [0.25, 0.3) is 0 Å². The summed E-state index contributed by atoms with van der Waals surface area (Å²) in [6.07, 6.45) is 2.43. The number of aryl methyl sites for hydroxylation is 1. The van der Waals surface area contributed by atoms with E-state index in [4.69, 9.17) is 0 Å². The van der Waals surface area contributed by atoms with Crippen molar-refractivity contribution in [2.24, 2.45) is 0 Å². The second kappa shape index (κ2) is 4.90. The zero-order chi connectivity index (χ0) is 13.3. The molecule has 0 bridgehead atoms. The minimum absolute atomic E-state index is 0.201. The minimum Gasteiger partial charge on any atom is -0.382 e. The molecule has 1 heterocycles. The van der Waals surface area contributed by atoms with Crippen molar-refractivity contribution < 1.29 is 9.50 Å². The van der Waals surface area contributed by atoms with E-state index in [1.165, 1.54) is 12.1 Å². The van der Waals surface area contributed by atoms with Gasteiger partial charge in [0.05, 0.1) is 18.2 Å². The van der Waals surface area contributed by atoms with Crippen LogP contribution in [0.1, 0.15) is 42.8 Å². The lowest BCUT2D eigenvalue weighted by atomic mass is 10.0. The number of nitrogens with zero attached hydrogens (tertiary/aromatic N) is 2. The van der Waals surface area contributed by atoms with Crippen molar-refractivity contribution in [3.8, 4) is 0 Å². The summed E-state index contributed by atoms with van der Waals surface area (Å²) in [6.45, 7) is 5.82. The molecule has 0 aliphatic rings. The third kappa shape index (κ3) is 2.43. The van der Waals surface area contributed by atoms with Gasteiger partial charge in [-0.15, -0.1) is 0 Å². The molecule has 1 N–H and O–H groups in total. The number of imidazole rings is 1. The Kier molecular flexibility index (Phi) is 3.48. The van der Waals surface area contributed by atoms with Crippen molar-refractivity contribution in [1.82, 2.24) is 9.55 Å². The molecule has 1 unspecified atom stereocenters. The van der Waals surface area contributed by atoms with E-state index in [0.29, 0.717) is 11.3 Å². The fraction of sp³-hybridized carbons (Fsp3) is 0.357. The average molecular weight is 248 g/mol. The predicted octanol–water partition coefficient (Wildman–Crippen LogP) is 2.99. The van der Waals surface area contributed by atoms with Crippen molar-refractivity contribution >= 4 is 0 Å². The van der Waals surface area contributed by atoms with Crippen LogP contribution in [0.4, 0.5) is 4.39 Å². The molecule has 1 aromatic carbocycles. The van der Waals surface area contributed by atoms with Gasteiger partial charge in [0.15, 0.2) is 0 Å². The maximum absolute atomic E-state index is 13.4. The zero-order valence-electron chi connectivity index (χ0n) is 10.8. The van der Waals surface area contributed by atoms with Crippen LogP contribution in [0, 0.1) is 12.7 Å². The van der Waals surface area contributed by atoms with Crippen molar-refractivity contribution in [3.63, 3.8) is 0 Å². The Morgan fingerprint density at radius 1 is 1.28 bits per heavy atom. The molecule has 3 nitrogen and oxygen atoms in total. The van der Waals surface area contributed by atoms with Gasteiger partial charge in [0.1, 0.15) is 11.9 Å². The fourth-order valence-electron chi connectivity index (χ4n) is 2.05. The minimum atomic E-state index is -0.857. The lowest BCUT2D eigenvalue weighted by Crippen LogP contribution is -2.10. The van der Waals surface area contributed by atoms with Gasteiger partial charge in [0.2, 0.25) is 0 Å². The van der Waals surface area contributed by atoms with Gasteiger partial charge >= 0.3 is 0 Å². The molecule has 0 saturated carbocycles. The molecule has 0 aliphatic carbocycles. The maximum Gasteiger partial charge on any atom is 0.123 e. The molecule has 0 saturated heterocycles. The molecule has 1 aromatic heterocycles. The number of hydrogen-bond donors (Lipinski definition) is 1. The molecular formula is C14H17FN2O. The zero-order valence-corrected chi connectivity index (χ0v) is 10.8. The summed E-state index contributed by atoms with van der Waals surface area (Å²) < 4.78 is 15.2. The van der Waals surface area contributed by atoms with Gasteiger partial charge in [0, 0.05) is 6.04 Å². The summed E-state index contributed by atoms with van der Waals surface area (Å²) in [6, 6.07) is 4.78. The normalized spacial score (nSPS) is 13.0. The number of aromatic nitrogens is 2. The van der Waals surface area contributed by atoms with Gasteiger partial charge in [-0.1, -0.05) is 6.07 Å². The number of hydrogen-bond acceptors (Lipinski definition) is 2. The molecule has 4 heteroatoms. The Morgan fingerprint density at radius 2 is 2.00 bits per heavy atom. The number of rotatable bonds is 3. The second-order valence-corrected chi connectivity index (χ2v) is 4.78. The van der Waals surface area contributed by atoms with Gasteiger partial charge in [0.25, 0.3) is 0 Å². The first kappa shape index (κ1) is 12.8. The van der Waals surface area contributed by atoms with Crippen molar-refractivity contribution in [2.75, 3.05) is 0 Å². The van der Waals surface area contributed by atoms with Crippen LogP contribution >= 0.6 is 0 Å². The largest absolute Gasteiger partial charge is 0.382 e. The topological polar surface area (TPSA) is 38.1 Å². The van der Waals surface area contributed by atoms with E-state index in [-0.39, 0.29) is 11.9 Å². The van der Waals surface area contributed by atoms with Crippen LogP contribution in [-0.4, -0.2) is 14.7 Å². The van der Waals surface area contributed by atoms with E-state index < -0.39 is 6.10 Å². The molecule has 18 heavy (non-hydrogen) atoms. The van der Waals surface area contributed by atoms with E-state index in [0.717, 1.165) is 5.56 Å². The summed E-state index contributed by atoms with van der Waals surface area (Å²) in [7, 11) is 0. The van der Waals surface area contributed by atoms with E-state index in [1.54, 1.807) is 25.5 Å². The van der Waals surface area contributed by atoms with Gasteiger partial charge in [-0.25, -0.2) is 9.37 Å². The fourth-order valence-corrected chi connectivity index (χ4v) is 2.05. The number of aliphatic hydroxyl groups excluding tert-OH is 1. The molecule has 0 spiro atoms. The third-order valence-corrected chi connectivity index (χ3v) is 2.91. The van der Waals surface area contributed by atoms with E-state index in [2.05, 4.69) is 4.98 Å². The Labute approximate surface area is 106 Å². The maximum atomic E-state index is 13.4. The summed E-state index contributed by atoms with van der Waals surface area (Å²) in [5.41, 5.74) is 2.02. The summed E-state index contributed by atoms with van der Waals surface area (Å²) in [5, 5.41) is 10.3. The highest BCUT2D eigenvalue weighted by atomic mass is 19.1. The van der Waals surface area contributed by atoms with Gasteiger partial charge in [-0.2, -0.15) is 0 Å². The second-order valence-electron chi connectivity index (χ2n) is 4.78. The van der Waals surface area contributed by atoms with Crippen LogP contribution < -0.4 is 0 Å². The highest BCUT2D eigenvalue weighted by Crippen LogP contribution is 2.25. The smallest absolute Gasteiger partial charge is 0.123 e. The summed E-state index contributed by atoms with van der Waals surface area (Å²) >= 11 is 0. The Hall–Kier alpha value is -1.68. The first-order valence-electron chi connectivity index (χ1n) is 5.96. The van der Waals surface area contributed by atoms with E-state index in [9.17, 15) is 9.50 Å². The first-order valence-corrected chi connectivity index (χ1v) is 5.96. The summed E-state index contributed by atoms with van der Waals surface area (Å²) in [5.74, 6) is -0.334. The number of benzene rings is 1. The number of halogens is 1. The van der Waals surface area contributed by atoms with Crippen LogP contribution in [0.5, 0.6) is 0 Å². The molecule has 0 radical (unpaired) electrons. The Balaban J connectivity index is 2.41. The number of aliphatic hydroxyl groups is 1. The summed E-state index contributed by atoms with van der Waals surface area (Å²) in [4.78, 5) is 4.04. The quantitative estimate of drug-likeness (QED) is 0.906. The van der Waals surface area contributed by atoms with E-state index >= 15 is 0 Å². The van der Waals surface area contributed by atoms with Gasteiger partial charge < -0.3 is 9.67 Å². The molecule has 96 valence electrons. The average Bonchev–Trinajstić information content (AvgIpc) is 2.75. The molecule has 0 aliphatic heterocycles. The standard InChI is InChI=1S/C14H17FN2O/c1-9(2)17-8-16-7-13(17)14(18)11-4-10(3)5-12(15)6-11/h4-9,14,18H,1-3H3. The molecule has 2 aromatic rings. The van der Waals surface area contributed by atoms with Crippen LogP contribution in [0.2, 0.25) is 0 Å². The molecule has 0 amide bonds. The SMILES string of the molecule is Cc1cc(F)cc(C(O)c2cncn2C(C)C)c1. The van der Waals surface area contributed by atoms with Crippen LogP contribution in [-0.2, 0) is 0 Å². The van der Waals surface area contributed by atoms with Gasteiger partial charge in [-0.3, -0.25) is 0 Å². The lowest BCUT2D eigenvalue weighted by Gasteiger charge is -2.17. The molecule has 2 rings (SSSR count). The van der Waals surface area contributed by atoms with E-state index in [1.807, 2.05) is 18.4 Å². The Morgan fingerprint density at radius 3 is 2.61 bits per heavy atom. The van der Waals surface area contributed by atoms with Crippen molar-refractivity contribution in [3.05, 3.63) is 53.4 Å². The van der Waals surface area contributed by atoms with Crippen molar-refractivity contribution in [1.29, 1.82) is 0 Å². The highest BCUT2D eigenvalue weighted by Gasteiger charge is 2.17. The third-order valence-electron chi connectivity index (χ3n) is 2.91. The monoisotopic (exact) mass is 248 g/mol. The van der Waals surface area contributed by atoms with Gasteiger partial charge in [-0.05, 0) is 44.0 Å². The predicted molar refractivity (Wildman–Crippen MR) is 67.8 cm³/mol. The molecular weight excluding hydrogens is 231 g/mol. The molecule has 1 atom stereocenters. The first-order chi connectivity index (χ1) is 8.49. The van der Waals surface area contributed by atoms with Crippen LogP contribution in [0.15, 0.2) is 30.7 Å².